The number of nitrogens with one attached hydrogen (secondary N) is 8. The third kappa shape index (κ3) is 34.0. The zero-order valence-corrected chi connectivity index (χ0v) is 95.0. The van der Waals surface area contributed by atoms with Gasteiger partial charge < -0.3 is 112 Å². The van der Waals surface area contributed by atoms with Gasteiger partial charge in [-0.1, -0.05) is 103 Å². The minimum atomic E-state index is 0.571. The Balaban J connectivity index is 0.000000188. The smallest absolute Gasteiger partial charge is 0.128 e. The van der Waals surface area contributed by atoms with Gasteiger partial charge in [-0.3, -0.25) is 4.90 Å². The van der Waals surface area contributed by atoms with Gasteiger partial charge in [0.05, 0.1) is 56.9 Å². The van der Waals surface area contributed by atoms with Crippen molar-refractivity contribution in [2.75, 3.05) is 190 Å². The molecule has 8 heterocycles. The van der Waals surface area contributed by atoms with Crippen LogP contribution in [0.5, 0.6) is 46.0 Å². The van der Waals surface area contributed by atoms with Crippen molar-refractivity contribution in [3.63, 3.8) is 0 Å². The van der Waals surface area contributed by atoms with Crippen molar-refractivity contribution < 1.29 is 37.9 Å². The van der Waals surface area contributed by atoms with Crippen molar-refractivity contribution >= 4 is 87.2 Å². The lowest BCUT2D eigenvalue weighted by Gasteiger charge is -2.30. The fourth-order valence-corrected chi connectivity index (χ4v) is 19.6. The molecule has 24 heteroatoms. The van der Waals surface area contributed by atoms with Crippen LogP contribution >= 0.6 is 0 Å². The number of H-pyrrole nitrogens is 8. The van der Waals surface area contributed by atoms with Gasteiger partial charge in [0.2, 0.25) is 0 Å². The van der Waals surface area contributed by atoms with Crippen LogP contribution in [0, 0.1) is 0 Å². The third-order valence-corrected chi connectivity index (χ3v) is 28.4. The third-order valence-electron chi connectivity index (χ3n) is 28.4. The van der Waals surface area contributed by atoms with Crippen molar-refractivity contribution in [1.82, 2.24) is 79.1 Å². The van der Waals surface area contributed by atoms with Crippen LogP contribution in [0.1, 0.15) is 168 Å². The molecule has 8 aromatic carbocycles. The number of likely N-dealkylation sites (N-methyl/N-ethyl adjacent to an activating group) is 6. The quantitative estimate of drug-likeness (QED) is 0.0166. The Kier molecular flexibility index (Phi) is 50.9. The topological polar surface area (TPSA) is 226 Å². The molecule has 24 nitrogen and oxygen atoms in total. The van der Waals surface area contributed by atoms with E-state index in [1.54, 1.807) is 56.9 Å². The molecule has 8 aromatic heterocycles. The van der Waals surface area contributed by atoms with Crippen molar-refractivity contribution in [1.29, 1.82) is 0 Å². The molecule has 0 bridgehead atoms. The largest absolute Gasteiger partial charge is 0.496 e. The normalized spacial score (nSPS) is 11.5. The number of rotatable bonds is 48. The van der Waals surface area contributed by atoms with E-state index in [4.69, 9.17) is 37.9 Å². The first-order valence-electron chi connectivity index (χ1n) is 54.1. The van der Waals surface area contributed by atoms with Crippen molar-refractivity contribution in [2.24, 2.45) is 0 Å². The molecule has 0 saturated heterocycles. The second kappa shape index (κ2) is 63.0. The van der Waals surface area contributed by atoms with Crippen LogP contribution in [-0.4, -0.2) is 293 Å². The van der Waals surface area contributed by atoms with Crippen LogP contribution in [0.25, 0.3) is 87.2 Å². The number of aromatic nitrogens is 8. The average Bonchev–Trinajstić information content (AvgIpc) is 1.71. The maximum atomic E-state index is 5.49. The van der Waals surface area contributed by atoms with E-state index in [9.17, 15) is 0 Å². The molecule has 148 heavy (non-hydrogen) atoms. The summed E-state index contributed by atoms with van der Waals surface area (Å²) in [5, 5.41) is 9.79. The van der Waals surface area contributed by atoms with Gasteiger partial charge in [0.25, 0.3) is 0 Å². The lowest BCUT2D eigenvalue weighted by molar-refractivity contribution is 0.177. The summed E-state index contributed by atoms with van der Waals surface area (Å²) in [6.45, 7) is 54.7. The van der Waals surface area contributed by atoms with E-state index in [1.165, 1.54) is 120 Å². The molecule has 0 unspecified atom stereocenters. The SMILES string of the molecule is C=CCN(C)CCc1c[nH]c2cccc(OC)c12.CCCN(C)CCc1c[nH]c2cccc(OC)c12.CCCN(CCC)CCc1c[nH]c2cccc(OC)c12.CCN(C)CCc1c[nH]c2cccc(OC)c12.CCN(CC)CCc1c[nH]c2cccc(OC)c12.CCN(CCc1c[nH]c2cccc(OC)c12)C(C)C.COc1cccc2[nH]cc(CCN(C(C)C)C(C)C)c12.COc1cccc2[nH]cc(CCN(C)C(C)C)c12. The summed E-state index contributed by atoms with van der Waals surface area (Å²) in [4.78, 5) is 45.9. The maximum Gasteiger partial charge on any atom is 0.128 e. The first kappa shape index (κ1) is 119. The summed E-state index contributed by atoms with van der Waals surface area (Å²) in [5.74, 6) is 7.66. The molecule has 806 valence electrons. The molecule has 16 aromatic rings. The standard InChI is InChI=1S/2C17H26N2O.C16H24N2O.2C15H22N2O.C15H20N2O.C15H22N2O.C14H20N2O/c1-12(2)19(13(3)4)10-9-14-11-18-15-7-6-8-16(20-5)17(14)15;1-4-10-19(11-5-2)12-9-14-13-18-15-7-6-8-16(20-3)17(14)15;1-5-18(12(2)3)10-9-13-11-17-14-7-6-8-15(19-4)16(13)14;1-11(2)17(3)9-8-12-10-16-13-6-5-7-14(18-4)15(12)13;2*1-4-9-17(2)10-8-12-11-16-13-6-5-7-14(18-3)15(12)13;1-4-17(5-2)10-9-12-11-16-13-7-6-8-14(18-3)15(12)13;1-4-16(2)9-8-11-10-15-12-6-5-7-13(17-3)14(11)12/h6-8,11-13,18H,9-10H2,1-5H3;6-8,13,18H,4-5,9-12H2,1-3H3;6-8,11-12,17H,5,9-10H2,1-4H3;5-7,10-11,16H,8-9H2,1-4H3;5-7,11,16H,4,8-10H2,1-3H3;4-7,11,16H,1,8-10H2,2-3H3;6-8,11,16H,4-5,9-10H2,1-3H3;5-7,10,15H,4,8-9H2,1-3H3. The summed E-state index contributed by atoms with van der Waals surface area (Å²) in [6.07, 6.45) is 30.8. The molecule has 0 fully saturated rings. The summed E-state index contributed by atoms with van der Waals surface area (Å²) < 4.78 is 43.7. The van der Waals surface area contributed by atoms with Crippen LogP contribution in [0.15, 0.2) is 208 Å². The summed E-state index contributed by atoms with van der Waals surface area (Å²) in [6, 6.07) is 51.4. The zero-order valence-electron chi connectivity index (χ0n) is 95.0. The predicted octanol–water partition coefficient (Wildman–Crippen LogP) is 25.8. The molecule has 16 rings (SSSR count). The van der Waals surface area contributed by atoms with Crippen molar-refractivity contribution in [3.8, 4) is 46.0 Å². The Morgan fingerprint density at radius 3 is 0.703 bits per heavy atom. The molecule has 0 aliphatic carbocycles. The molecular weight excluding hydrogens is 1840 g/mol. The molecule has 0 saturated carbocycles. The van der Waals surface area contributed by atoms with Crippen LogP contribution in [0.3, 0.4) is 0 Å². The Hall–Kier alpha value is -12.1. The second-order valence-electron chi connectivity index (χ2n) is 39.4. The van der Waals surface area contributed by atoms with Crippen LogP contribution in [-0.2, 0) is 51.4 Å². The van der Waals surface area contributed by atoms with Gasteiger partial charge in [-0.05, 0) is 342 Å². The highest BCUT2D eigenvalue weighted by Gasteiger charge is 2.21. The average molecular weight is 2020 g/mol. The van der Waals surface area contributed by atoms with E-state index in [2.05, 4.69) is 316 Å². The van der Waals surface area contributed by atoms with Crippen LogP contribution in [0.4, 0.5) is 0 Å². The number of hydrogen-bond acceptors (Lipinski definition) is 16. The molecule has 0 radical (unpaired) electrons. The molecule has 0 atom stereocenters. The molecular formula is C124H182N16O8. The highest BCUT2D eigenvalue weighted by atomic mass is 16.5. The fourth-order valence-electron chi connectivity index (χ4n) is 19.6. The Labute approximate surface area is 885 Å². The lowest BCUT2D eigenvalue weighted by Crippen LogP contribution is -2.38. The van der Waals surface area contributed by atoms with Crippen molar-refractivity contribution in [2.45, 2.75) is 199 Å². The fraction of sp³-hybridized carbons (Fsp3) is 0.468. The number of fused-ring (bicyclic) bond motifs is 8. The predicted molar refractivity (Wildman–Crippen MR) is 629 cm³/mol. The Morgan fingerprint density at radius 1 is 0.243 bits per heavy atom. The zero-order chi connectivity index (χ0) is 107. The number of methoxy groups -OCH3 is 8. The molecule has 0 aliphatic heterocycles. The summed E-state index contributed by atoms with van der Waals surface area (Å²) in [7, 11) is 22.4. The van der Waals surface area contributed by atoms with Gasteiger partial charge in [0, 0.05) is 220 Å². The number of ether oxygens (including phenoxy) is 8. The Morgan fingerprint density at radius 2 is 0.480 bits per heavy atom. The summed E-state index contributed by atoms with van der Waals surface area (Å²) >= 11 is 0. The van der Waals surface area contributed by atoms with Gasteiger partial charge in [-0.15, -0.1) is 6.58 Å². The van der Waals surface area contributed by atoms with E-state index in [0.717, 1.165) is 233 Å². The first-order valence-corrected chi connectivity index (χ1v) is 54.1. The lowest BCUT2D eigenvalue weighted by atomic mass is 10.1. The second-order valence-corrected chi connectivity index (χ2v) is 39.4. The minimum absolute atomic E-state index is 0.571. The number of benzene rings is 8. The summed E-state index contributed by atoms with van der Waals surface area (Å²) in [5.41, 5.74) is 19.9. The van der Waals surface area contributed by atoms with Gasteiger partial charge in [-0.25, -0.2) is 0 Å². The van der Waals surface area contributed by atoms with E-state index < -0.39 is 0 Å². The highest BCUT2D eigenvalue weighted by Crippen LogP contribution is 2.37. The van der Waals surface area contributed by atoms with Gasteiger partial charge in [0.1, 0.15) is 46.0 Å². The van der Waals surface area contributed by atoms with Gasteiger partial charge in [0.15, 0.2) is 0 Å². The van der Waals surface area contributed by atoms with E-state index in [1.807, 2.05) is 103 Å². The molecule has 0 aliphatic rings. The van der Waals surface area contributed by atoms with Crippen LogP contribution in [0.2, 0.25) is 0 Å². The van der Waals surface area contributed by atoms with Gasteiger partial charge in [-0.2, -0.15) is 0 Å². The number of nitrogens with zero attached hydrogens (tertiary/aromatic N) is 8. The van der Waals surface area contributed by atoms with E-state index in [0.29, 0.717) is 24.2 Å². The number of aromatic amines is 8. The molecule has 8 N–H and O–H groups in total. The number of hydrogen-bond donors (Lipinski definition) is 8. The monoisotopic (exact) mass is 2020 g/mol. The van der Waals surface area contributed by atoms with Crippen molar-refractivity contribution in [3.05, 3.63) is 252 Å². The highest BCUT2D eigenvalue weighted by molar-refractivity contribution is 5.95. The van der Waals surface area contributed by atoms with Crippen LogP contribution < -0.4 is 37.9 Å². The van der Waals surface area contributed by atoms with E-state index in [-0.39, 0.29) is 0 Å². The van der Waals surface area contributed by atoms with Gasteiger partial charge >= 0.3 is 0 Å². The Bertz CT molecular complexity index is 6380. The maximum absolute atomic E-state index is 5.49. The molecule has 0 spiro atoms. The molecule has 0 amide bonds. The minimum Gasteiger partial charge on any atom is -0.496 e. The van der Waals surface area contributed by atoms with E-state index >= 15 is 0 Å². The first-order chi connectivity index (χ1) is 71.7.